The zero-order valence-corrected chi connectivity index (χ0v) is 15.3. The van der Waals surface area contributed by atoms with Gasteiger partial charge in [-0.15, -0.1) is 0 Å². The lowest BCUT2D eigenvalue weighted by Crippen LogP contribution is -2.27. The van der Waals surface area contributed by atoms with Crippen LogP contribution in [0.5, 0.6) is 5.75 Å². The van der Waals surface area contributed by atoms with Crippen molar-refractivity contribution >= 4 is 11.7 Å². The first-order valence-corrected chi connectivity index (χ1v) is 8.70. The van der Waals surface area contributed by atoms with Gasteiger partial charge in [0.15, 0.2) is 0 Å². The summed E-state index contributed by atoms with van der Waals surface area (Å²) in [5.41, 5.74) is 2.42. The Morgan fingerprint density at radius 3 is 2.41 bits per heavy atom. The molecule has 3 aromatic rings. The van der Waals surface area contributed by atoms with Crippen LogP contribution in [0.4, 0.5) is 5.82 Å². The monoisotopic (exact) mass is 362 g/mol. The second-order valence-electron chi connectivity index (χ2n) is 6.09. The number of aromatic nitrogens is 2. The van der Waals surface area contributed by atoms with Gasteiger partial charge in [0, 0.05) is 6.54 Å². The first-order chi connectivity index (χ1) is 13.2. The molecule has 1 atom stereocenters. The third-order valence-electron chi connectivity index (χ3n) is 4.16. The van der Waals surface area contributed by atoms with Crippen LogP contribution in [0.15, 0.2) is 67.0 Å². The molecule has 6 nitrogen and oxygen atoms in total. The molecular weight excluding hydrogens is 340 g/mol. The van der Waals surface area contributed by atoms with Crippen LogP contribution in [0.1, 0.15) is 34.6 Å². The van der Waals surface area contributed by atoms with Gasteiger partial charge in [-0.25, -0.2) is 9.97 Å². The number of nitrogens with one attached hydrogen (secondary N) is 2. The predicted octanol–water partition coefficient (Wildman–Crippen LogP) is 3.59. The Kier molecular flexibility index (Phi) is 5.99. The van der Waals surface area contributed by atoms with E-state index in [1.807, 2.05) is 61.5 Å². The fourth-order valence-electron chi connectivity index (χ4n) is 2.57. The molecule has 0 aliphatic heterocycles. The van der Waals surface area contributed by atoms with Crippen LogP contribution in [0.25, 0.3) is 0 Å². The minimum Gasteiger partial charge on any atom is -0.497 e. The molecule has 27 heavy (non-hydrogen) atoms. The second kappa shape index (κ2) is 8.80. The van der Waals surface area contributed by atoms with E-state index in [-0.39, 0.29) is 17.6 Å². The van der Waals surface area contributed by atoms with Crippen molar-refractivity contribution in [1.82, 2.24) is 15.3 Å². The molecule has 3 rings (SSSR count). The average molecular weight is 362 g/mol. The van der Waals surface area contributed by atoms with Crippen molar-refractivity contribution in [3.63, 3.8) is 0 Å². The second-order valence-corrected chi connectivity index (χ2v) is 6.09. The number of nitrogens with zero attached hydrogens (tertiary/aromatic N) is 2. The van der Waals surface area contributed by atoms with Crippen molar-refractivity contribution in [1.29, 1.82) is 0 Å². The number of carbonyl (C=O) groups excluding carboxylic acids is 1. The topological polar surface area (TPSA) is 76.1 Å². The number of ether oxygens (including phenoxy) is 1. The summed E-state index contributed by atoms with van der Waals surface area (Å²) in [7, 11) is 1.64. The molecular formula is C21H22N4O2. The number of anilines is 1. The summed E-state index contributed by atoms with van der Waals surface area (Å²) in [6.07, 6.45) is 3.04. The minimum absolute atomic E-state index is 0.103. The van der Waals surface area contributed by atoms with Gasteiger partial charge < -0.3 is 15.4 Å². The zero-order chi connectivity index (χ0) is 19.1. The predicted molar refractivity (Wildman–Crippen MR) is 105 cm³/mol. The third kappa shape index (κ3) is 5.04. The zero-order valence-electron chi connectivity index (χ0n) is 15.3. The van der Waals surface area contributed by atoms with E-state index in [2.05, 4.69) is 20.6 Å². The summed E-state index contributed by atoms with van der Waals surface area (Å²) < 4.78 is 5.14. The van der Waals surface area contributed by atoms with E-state index < -0.39 is 0 Å². The van der Waals surface area contributed by atoms with Crippen LogP contribution >= 0.6 is 0 Å². The SMILES string of the molecule is COc1ccc(CNc2cnc(C(=O)NC(C)c3ccccc3)cn2)cc1. The molecule has 0 saturated carbocycles. The van der Waals surface area contributed by atoms with E-state index in [4.69, 9.17) is 4.74 Å². The molecule has 2 aromatic carbocycles. The number of methoxy groups -OCH3 is 1. The molecule has 2 N–H and O–H groups in total. The Balaban J connectivity index is 1.55. The molecule has 1 amide bonds. The molecule has 0 aliphatic carbocycles. The molecule has 0 fully saturated rings. The van der Waals surface area contributed by atoms with Gasteiger partial charge in [0.2, 0.25) is 0 Å². The molecule has 6 heteroatoms. The summed E-state index contributed by atoms with van der Waals surface area (Å²) in [4.78, 5) is 20.8. The normalized spacial score (nSPS) is 11.5. The molecule has 1 heterocycles. The number of amides is 1. The van der Waals surface area contributed by atoms with E-state index >= 15 is 0 Å². The Bertz CT molecular complexity index is 865. The maximum Gasteiger partial charge on any atom is 0.271 e. The maximum absolute atomic E-state index is 12.3. The molecule has 138 valence electrons. The quantitative estimate of drug-likeness (QED) is 0.672. The van der Waals surface area contributed by atoms with E-state index in [0.717, 1.165) is 16.9 Å². The van der Waals surface area contributed by atoms with Crippen molar-refractivity contribution in [2.75, 3.05) is 12.4 Å². The average Bonchev–Trinajstić information content (AvgIpc) is 2.73. The lowest BCUT2D eigenvalue weighted by atomic mass is 10.1. The third-order valence-corrected chi connectivity index (χ3v) is 4.16. The van der Waals surface area contributed by atoms with Crippen molar-refractivity contribution in [2.24, 2.45) is 0 Å². The highest BCUT2D eigenvalue weighted by Gasteiger charge is 2.12. The van der Waals surface area contributed by atoms with Crippen LogP contribution in [0.3, 0.4) is 0 Å². The number of benzene rings is 2. The summed E-state index contributed by atoms with van der Waals surface area (Å²) in [6.45, 7) is 2.54. The van der Waals surface area contributed by atoms with Gasteiger partial charge in [-0.3, -0.25) is 4.79 Å². The standard InChI is InChI=1S/C21H22N4O2/c1-15(17-6-4-3-5-7-17)25-21(26)19-13-24-20(14-22-19)23-12-16-8-10-18(27-2)11-9-16/h3-11,13-15H,12H2,1-2H3,(H,23,24)(H,25,26). The maximum atomic E-state index is 12.3. The Labute approximate surface area is 158 Å². The van der Waals surface area contributed by atoms with Gasteiger partial charge in [-0.05, 0) is 30.2 Å². The van der Waals surface area contributed by atoms with Gasteiger partial charge in [-0.2, -0.15) is 0 Å². The summed E-state index contributed by atoms with van der Waals surface area (Å²) in [5, 5.41) is 6.11. The van der Waals surface area contributed by atoms with Crippen LogP contribution in [0.2, 0.25) is 0 Å². The van der Waals surface area contributed by atoms with Gasteiger partial charge in [0.1, 0.15) is 17.3 Å². The Morgan fingerprint density at radius 1 is 1.04 bits per heavy atom. The lowest BCUT2D eigenvalue weighted by molar-refractivity contribution is 0.0934. The van der Waals surface area contributed by atoms with Crippen LogP contribution in [-0.2, 0) is 6.54 Å². The van der Waals surface area contributed by atoms with Crippen molar-refractivity contribution in [3.05, 3.63) is 83.8 Å². The number of carbonyl (C=O) groups is 1. The highest BCUT2D eigenvalue weighted by Crippen LogP contribution is 2.14. The fourth-order valence-corrected chi connectivity index (χ4v) is 2.57. The van der Waals surface area contributed by atoms with E-state index in [9.17, 15) is 4.79 Å². The molecule has 0 aliphatic rings. The van der Waals surface area contributed by atoms with Gasteiger partial charge in [-0.1, -0.05) is 42.5 Å². The van der Waals surface area contributed by atoms with E-state index in [0.29, 0.717) is 12.4 Å². The highest BCUT2D eigenvalue weighted by molar-refractivity contribution is 5.92. The minimum atomic E-state index is -0.249. The fraction of sp³-hybridized carbons (Fsp3) is 0.190. The largest absolute Gasteiger partial charge is 0.497 e. The van der Waals surface area contributed by atoms with Crippen molar-refractivity contribution < 1.29 is 9.53 Å². The lowest BCUT2D eigenvalue weighted by Gasteiger charge is -2.14. The van der Waals surface area contributed by atoms with Crippen LogP contribution < -0.4 is 15.4 Å². The van der Waals surface area contributed by atoms with Crippen LogP contribution in [-0.4, -0.2) is 23.0 Å². The first-order valence-electron chi connectivity index (χ1n) is 8.70. The number of rotatable bonds is 7. The number of hydrogen-bond acceptors (Lipinski definition) is 5. The molecule has 0 saturated heterocycles. The number of hydrogen-bond donors (Lipinski definition) is 2. The highest BCUT2D eigenvalue weighted by atomic mass is 16.5. The van der Waals surface area contributed by atoms with Crippen molar-refractivity contribution in [3.8, 4) is 5.75 Å². The van der Waals surface area contributed by atoms with E-state index in [1.165, 1.54) is 6.20 Å². The molecule has 1 unspecified atom stereocenters. The summed E-state index contributed by atoms with van der Waals surface area (Å²) in [6, 6.07) is 17.5. The van der Waals surface area contributed by atoms with Gasteiger partial charge in [0.05, 0.1) is 25.5 Å². The Morgan fingerprint density at radius 2 is 1.78 bits per heavy atom. The first kappa shape index (κ1) is 18.4. The molecule has 0 radical (unpaired) electrons. The van der Waals surface area contributed by atoms with Gasteiger partial charge >= 0.3 is 0 Å². The summed E-state index contributed by atoms with van der Waals surface area (Å²) >= 11 is 0. The Hall–Kier alpha value is -3.41. The smallest absolute Gasteiger partial charge is 0.271 e. The molecule has 0 spiro atoms. The van der Waals surface area contributed by atoms with Crippen LogP contribution in [0, 0.1) is 0 Å². The summed E-state index contributed by atoms with van der Waals surface area (Å²) in [5.74, 6) is 1.18. The van der Waals surface area contributed by atoms with E-state index in [1.54, 1.807) is 13.3 Å². The molecule has 0 bridgehead atoms. The van der Waals surface area contributed by atoms with Gasteiger partial charge in [0.25, 0.3) is 5.91 Å². The van der Waals surface area contributed by atoms with Crippen molar-refractivity contribution in [2.45, 2.75) is 19.5 Å². The molecule has 1 aromatic heterocycles.